The Balaban J connectivity index is 0.964. The number of hydrogen-bond acceptors (Lipinski definition) is 9. The number of H-pyrrole nitrogens is 2. The van der Waals surface area contributed by atoms with Crippen LogP contribution in [0.2, 0.25) is 0 Å². The Morgan fingerprint density at radius 1 is 0.703 bits per heavy atom. The van der Waals surface area contributed by atoms with Gasteiger partial charge in [-0.05, 0) is 69.8 Å². The monoisotopic (exact) mass is 861 g/mol. The van der Waals surface area contributed by atoms with Gasteiger partial charge in [-0.15, -0.1) is 0 Å². The van der Waals surface area contributed by atoms with E-state index in [9.17, 15) is 24.4 Å². The fourth-order valence-electron chi connectivity index (χ4n) is 8.88. The summed E-state index contributed by atoms with van der Waals surface area (Å²) in [7, 11) is 2.53. The van der Waals surface area contributed by atoms with Gasteiger partial charge < -0.3 is 39.9 Å². The molecule has 6 atom stereocenters. The van der Waals surface area contributed by atoms with E-state index in [4.69, 9.17) is 14.5 Å². The number of methoxy groups -OCH3 is 2. The Morgan fingerprint density at radius 2 is 1.25 bits per heavy atom. The number of amides is 4. The van der Waals surface area contributed by atoms with E-state index in [0.717, 1.165) is 50.8 Å². The van der Waals surface area contributed by atoms with Crippen LogP contribution in [0.1, 0.15) is 69.0 Å². The van der Waals surface area contributed by atoms with Crippen LogP contribution in [0.5, 0.6) is 0 Å². The van der Waals surface area contributed by atoms with Gasteiger partial charge in [-0.2, -0.15) is 5.26 Å². The molecule has 15 heteroatoms. The third-order valence-corrected chi connectivity index (χ3v) is 12.3. The van der Waals surface area contributed by atoms with Crippen LogP contribution in [0, 0.1) is 29.1 Å². The molecule has 15 nitrogen and oxygen atoms in total. The number of nitrogens with zero attached hydrogens (tertiary/aromatic N) is 5. The number of ether oxygens (including phenoxy) is 2. The number of fused-ring (bicyclic) bond motifs is 1. The fourth-order valence-corrected chi connectivity index (χ4v) is 8.88. The number of nitrogens with one attached hydrogen (secondary N) is 4. The van der Waals surface area contributed by atoms with Crippen LogP contribution in [0.3, 0.4) is 0 Å². The van der Waals surface area contributed by atoms with E-state index in [1.54, 1.807) is 35.4 Å². The Morgan fingerprint density at radius 3 is 1.88 bits per heavy atom. The molecule has 2 aromatic heterocycles. The average Bonchev–Trinajstić information content (AvgIpc) is 4.16. The molecule has 2 fully saturated rings. The summed E-state index contributed by atoms with van der Waals surface area (Å²) < 4.78 is 9.62. The molecule has 4 heterocycles. The topological polar surface area (TPSA) is 198 Å². The maximum Gasteiger partial charge on any atom is 0.407 e. The number of benzene rings is 4. The zero-order valence-electron chi connectivity index (χ0n) is 36.4. The van der Waals surface area contributed by atoms with Gasteiger partial charge in [0.15, 0.2) is 0 Å². The molecule has 2 aliphatic heterocycles. The first-order valence-corrected chi connectivity index (χ1v) is 21.4. The van der Waals surface area contributed by atoms with E-state index >= 15 is 0 Å². The van der Waals surface area contributed by atoms with Crippen molar-refractivity contribution in [1.29, 1.82) is 5.26 Å². The van der Waals surface area contributed by atoms with Gasteiger partial charge in [0.1, 0.15) is 23.7 Å². The van der Waals surface area contributed by atoms with E-state index in [1.807, 2.05) is 43.1 Å². The summed E-state index contributed by atoms with van der Waals surface area (Å²) in [5, 5.41) is 17.4. The lowest BCUT2D eigenvalue weighted by molar-refractivity contribution is -0.136. The maximum atomic E-state index is 14.1. The average molecular weight is 862 g/mol. The van der Waals surface area contributed by atoms with Gasteiger partial charge in [0.25, 0.3) is 5.91 Å². The maximum absolute atomic E-state index is 14.1. The number of aromatic amines is 2. The largest absolute Gasteiger partial charge is 0.453 e. The van der Waals surface area contributed by atoms with Crippen LogP contribution in [0.15, 0.2) is 103 Å². The molecule has 2 saturated heterocycles. The molecule has 6 aromatic rings. The van der Waals surface area contributed by atoms with Gasteiger partial charge in [0, 0.05) is 18.7 Å². The van der Waals surface area contributed by atoms with Gasteiger partial charge in [0.2, 0.25) is 5.91 Å². The quantitative estimate of drug-likeness (QED) is 0.0995. The number of carbonyl (C=O) groups excluding carboxylic acids is 4. The SMILES string of the molecule is COC(=O)N[C@H](C(=O)N1C[C@H](C)C[C@H]1c1ncc(-c2ccc3cc(-c4ccc(-c5cnc([C@@H]6C[C@H](C#N)CN6C(=O)[C@H](NC(=O)OC)c6ccccc6)[nH]5)cc4)ccc3c2)[nH]1)C(C)C. The first-order chi connectivity index (χ1) is 30.9. The highest BCUT2D eigenvalue weighted by Gasteiger charge is 2.42. The molecule has 0 aliphatic carbocycles. The van der Waals surface area contributed by atoms with Crippen molar-refractivity contribution >= 4 is 34.8 Å². The molecule has 4 N–H and O–H groups in total. The summed E-state index contributed by atoms with van der Waals surface area (Å²) in [4.78, 5) is 72.0. The van der Waals surface area contributed by atoms with E-state index < -0.39 is 36.2 Å². The molecule has 4 amide bonds. The molecule has 0 bridgehead atoms. The van der Waals surface area contributed by atoms with Crippen molar-refractivity contribution < 1.29 is 28.7 Å². The summed E-state index contributed by atoms with van der Waals surface area (Å²) in [6.45, 7) is 6.69. The third kappa shape index (κ3) is 8.90. The van der Waals surface area contributed by atoms with Crippen molar-refractivity contribution in [1.82, 2.24) is 40.4 Å². The zero-order valence-corrected chi connectivity index (χ0v) is 36.4. The van der Waals surface area contributed by atoms with Gasteiger partial charge in [-0.25, -0.2) is 19.6 Å². The highest BCUT2D eigenvalue weighted by atomic mass is 16.5. The summed E-state index contributed by atoms with van der Waals surface area (Å²) in [5.74, 6) is 0.506. The predicted octanol–water partition coefficient (Wildman–Crippen LogP) is 8.09. The summed E-state index contributed by atoms with van der Waals surface area (Å²) in [6.07, 6.45) is 3.34. The highest BCUT2D eigenvalue weighted by Crippen LogP contribution is 2.39. The second-order valence-electron chi connectivity index (χ2n) is 17.0. The molecule has 328 valence electrons. The van der Waals surface area contributed by atoms with Crippen LogP contribution < -0.4 is 10.6 Å². The summed E-state index contributed by atoms with van der Waals surface area (Å²) >= 11 is 0. The molecular formula is C49H51N9O6. The zero-order chi connectivity index (χ0) is 45.1. The van der Waals surface area contributed by atoms with Crippen molar-refractivity contribution in [3.05, 3.63) is 121 Å². The minimum Gasteiger partial charge on any atom is -0.453 e. The Hall–Kier alpha value is -7.47. The second-order valence-corrected chi connectivity index (χ2v) is 17.0. The number of likely N-dealkylation sites (tertiary alicyclic amines) is 2. The smallest absolute Gasteiger partial charge is 0.407 e. The van der Waals surface area contributed by atoms with Crippen LogP contribution >= 0.6 is 0 Å². The third-order valence-electron chi connectivity index (χ3n) is 12.3. The van der Waals surface area contributed by atoms with Crippen molar-refractivity contribution in [2.75, 3.05) is 27.3 Å². The lowest BCUT2D eigenvalue weighted by Crippen LogP contribution is -2.51. The van der Waals surface area contributed by atoms with Gasteiger partial charge in [-0.3, -0.25) is 9.59 Å². The number of rotatable bonds is 11. The van der Waals surface area contributed by atoms with Gasteiger partial charge >= 0.3 is 12.2 Å². The van der Waals surface area contributed by atoms with Crippen LogP contribution in [0.4, 0.5) is 9.59 Å². The molecule has 0 saturated carbocycles. The highest BCUT2D eigenvalue weighted by molar-refractivity contribution is 5.91. The molecular weight excluding hydrogens is 811 g/mol. The lowest BCUT2D eigenvalue weighted by atomic mass is 9.98. The molecule has 8 rings (SSSR count). The molecule has 64 heavy (non-hydrogen) atoms. The van der Waals surface area contributed by atoms with Crippen molar-refractivity contribution in [3.63, 3.8) is 0 Å². The van der Waals surface area contributed by atoms with E-state index in [0.29, 0.717) is 30.2 Å². The van der Waals surface area contributed by atoms with Crippen molar-refractivity contribution in [3.8, 4) is 39.7 Å². The molecule has 4 aromatic carbocycles. The predicted molar refractivity (Wildman–Crippen MR) is 240 cm³/mol. The van der Waals surface area contributed by atoms with E-state index in [1.165, 1.54) is 14.2 Å². The number of nitriles is 1. The van der Waals surface area contributed by atoms with E-state index in [-0.39, 0.29) is 36.2 Å². The standard InChI is InChI=1S/C49H51N9O6/c1-28(2)42(55-48(61)63-4)46(59)57-26-29(3)19-40(57)44-52-25-39(54-44)37-18-17-35-21-34(15-16-36(35)22-37)31-11-13-32(14-12-31)38-24-51-45(53-38)41-20-30(23-50)27-58(41)47(60)43(56-49(62)64-5)33-9-7-6-8-10-33/h6-18,21-22,24-25,28-30,40-43H,19-20,26-27H2,1-5H3,(H,51,53)(H,52,54)(H,55,61)(H,56,62)/t29-,30-,40+,41+,42+,43-/m1/s1. The van der Waals surface area contributed by atoms with Crippen LogP contribution in [-0.2, 0) is 19.1 Å². The van der Waals surface area contributed by atoms with Gasteiger partial charge in [0.05, 0.1) is 62.1 Å². The fraction of sp³-hybridized carbons (Fsp3) is 0.327. The number of hydrogen-bond donors (Lipinski definition) is 4. The summed E-state index contributed by atoms with van der Waals surface area (Å²) in [5.41, 5.74) is 6.19. The lowest BCUT2D eigenvalue weighted by Gasteiger charge is -2.30. The second kappa shape index (κ2) is 18.5. The van der Waals surface area contributed by atoms with E-state index in [2.05, 4.69) is 87.1 Å². The Kier molecular flexibility index (Phi) is 12.5. The Bertz CT molecular complexity index is 2710. The van der Waals surface area contributed by atoms with Crippen LogP contribution in [-0.4, -0.2) is 87.1 Å². The number of imidazole rings is 2. The minimum atomic E-state index is -1.00. The first-order valence-electron chi connectivity index (χ1n) is 21.4. The van der Waals surface area contributed by atoms with Gasteiger partial charge in [-0.1, -0.05) is 99.6 Å². The Labute approximate surface area is 371 Å². The molecule has 0 radical (unpaired) electrons. The molecule has 2 aliphatic rings. The molecule has 0 unspecified atom stereocenters. The van der Waals surface area contributed by atoms with Crippen LogP contribution in [0.25, 0.3) is 44.4 Å². The number of alkyl carbamates (subject to hydrolysis) is 2. The normalized spacial score (nSPS) is 19.3. The van der Waals surface area contributed by atoms with Crippen molar-refractivity contribution in [2.24, 2.45) is 17.8 Å². The number of carbonyl (C=O) groups is 4. The van der Waals surface area contributed by atoms with Crippen molar-refractivity contribution in [2.45, 2.75) is 57.8 Å². The molecule has 0 spiro atoms. The minimum absolute atomic E-state index is 0.125. The summed E-state index contributed by atoms with van der Waals surface area (Å²) in [6, 6.07) is 29.6. The first kappa shape index (κ1) is 43.2. The number of aromatic nitrogens is 4.